The van der Waals surface area contributed by atoms with Crippen LogP contribution in [0.3, 0.4) is 0 Å². The molecule has 2 aromatic rings. The number of amides is 1. The number of methoxy groups -OCH3 is 1. The molecule has 2 aliphatic heterocycles. The van der Waals surface area contributed by atoms with Gasteiger partial charge < -0.3 is 19.3 Å². The van der Waals surface area contributed by atoms with Gasteiger partial charge in [0.15, 0.2) is 0 Å². The van der Waals surface area contributed by atoms with Gasteiger partial charge in [-0.05, 0) is 42.8 Å². The Morgan fingerprint density at radius 1 is 1.11 bits per heavy atom. The highest BCUT2D eigenvalue weighted by molar-refractivity contribution is 7.89. The first-order valence-electron chi connectivity index (χ1n) is 11.7. The number of nitrogens with zero attached hydrogens (tertiary/aromatic N) is 2. The number of rotatable bonds is 8. The van der Waals surface area contributed by atoms with E-state index in [9.17, 15) is 18.0 Å². The van der Waals surface area contributed by atoms with Crippen LogP contribution in [0.2, 0.25) is 0 Å². The Kier molecular flexibility index (Phi) is 7.10. The Morgan fingerprint density at radius 2 is 1.78 bits per heavy atom. The molecule has 2 aliphatic rings. The lowest BCUT2D eigenvalue weighted by Crippen LogP contribution is -2.71. The lowest BCUT2D eigenvalue weighted by molar-refractivity contribution is -0.148. The Balaban J connectivity index is 1.45. The van der Waals surface area contributed by atoms with Gasteiger partial charge in [-0.3, -0.25) is 9.59 Å². The summed E-state index contributed by atoms with van der Waals surface area (Å²) in [7, 11) is -0.657. The molecule has 9 nitrogen and oxygen atoms in total. The molecule has 2 aromatic carbocycles. The number of likely N-dealkylation sites (tertiary alicyclic amines) is 1. The highest BCUT2D eigenvalue weighted by Crippen LogP contribution is 2.33. The maximum atomic E-state index is 13.1. The molecule has 1 atom stereocenters. The third-order valence-corrected chi connectivity index (χ3v) is 8.30. The molecule has 0 spiro atoms. The van der Waals surface area contributed by atoms with E-state index in [0.29, 0.717) is 12.4 Å². The second-order valence-electron chi connectivity index (χ2n) is 9.33. The number of likely N-dealkylation sites (N-methyl/N-ethyl adjacent to an activating group) is 1. The minimum Gasteiger partial charge on any atom is -0.489 e. The standard InChI is InChI=1S/C26H31N3O6S/c1-18-13-20(23-7-5-6-8-24(23)28(18)3)15-35-21-9-11-22(12-10-21)36(32,33)27-26(14-25(31)34-4)16-29(17-26)19(2)30/h5-13,18,27H,14-17H2,1-4H3. The largest absolute Gasteiger partial charge is 0.489 e. The summed E-state index contributed by atoms with van der Waals surface area (Å²) in [6.07, 6.45) is 1.99. The van der Waals surface area contributed by atoms with Crippen LogP contribution in [0.5, 0.6) is 5.75 Å². The summed E-state index contributed by atoms with van der Waals surface area (Å²) in [5.41, 5.74) is 2.22. The number of benzene rings is 2. The molecule has 0 radical (unpaired) electrons. The molecule has 10 heteroatoms. The molecule has 0 saturated carbocycles. The van der Waals surface area contributed by atoms with Crippen molar-refractivity contribution in [2.24, 2.45) is 0 Å². The highest BCUT2D eigenvalue weighted by Gasteiger charge is 2.48. The van der Waals surface area contributed by atoms with Gasteiger partial charge in [-0.25, -0.2) is 13.1 Å². The summed E-state index contributed by atoms with van der Waals surface area (Å²) >= 11 is 0. The first kappa shape index (κ1) is 25.7. The smallest absolute Gasteiger partial charge is 0.307 e. The van der Waals surface area contributed by atoms with Gasteiger partial charge in [-0.2, -0.15) is 0 Å². The molecule has 1 fully saturated rings. The van der Waals surface area contributed by atoms with Gasteiger partial charge >= 0.3 is 5.97 Å². The van der Waals surface area contributed by atoms with Gasteiger partial charge in [-0.1, -0.05) is 24.3 Å². The monoisotopic (exact) mass is 513 g/mol. The summed E-state index contributed by atoms with van der Waals surface area (Å²) in [5, 5.41) is 0. The second kappa shape index (κ2) is 9.94. The van der Waals surface area contributed by atoms with Gasteiger partial charge in [0.1, 0.15) is 12.4 Å². The number of anilines is 1. The van der Waals surface area contributed by atoms with Gasteiger partial charge in [0.2, 0.25) is 15.9 Å². The second-order valence-corrected chi connectivity index (χ2v) is 11.0. The van der Waals surface area contributed by atoms with Crippen LogP contribution >= 0.6 is 0 Å². The molecule has 0 aromatic heterocycles. The first-order valence-corrected chi connectivity index (χ1v) is 13.1. The molecule has 1 unspecified atom stereocenters. The molecular weight excluding hydrogens is 482 g/mol. The van der Waals surface area contributed by atoms with E-state index in [0.717, 1.165) is 16.8 Å². The SMILES string of the molecule is COC(=O)CC1(NS(=O)(=O)c2ccc(OCC3=CC(C)N(C)c4ccccc43)cc2)CN(C(C)=O)C1. The molecular formula is C26H31N3O6S. The average molecular weight is 514 g/mol. The summed E-state index contributed by atoms with van der Waals surface area (Å²) in [5.74, 6) is -0.203. The molecule has 1 amide bonds. The molecule has 1 saturated heterocycles. The van der Waals surface area contributed by atoms with Crippen molar-refractivity contribution < 1.29 is 27.5 Å². The first-order chi connectivity index (χ1) is 17.0. The Bertz CT molecular complexity index is 1280. The highest BCUT2D eigenvalue weighted by atomic mass is 32.2. The minimum absolute atomic E-state index is 0.0397. The molecule has 36 heavy (non-hydrogen) atoms. The van der Waals surface area contributed by atoms with Crippen LogP contribution in [0.1, 0.15) is 25.8 Å². The zero-order chi connectivity index (χ0) is 26.1. The lowest BCUT2D eigenvalue weighted by Gasteiger charge is -2.49. The summed E-state index contributed by atoms with van der Waals surface area (Å²) in [6.45, 7) is 4.07. The third-order valence-electron chi connectivity index (χ3n) is 6.71. The Hall–Kier alpha value is -3.37. The zero-order valence-corrected chi connectivity index (χ0v) is 21.7. The van der Waals surface area contributed by atoms with E-state index in [-0.39, 0.29) is 36.4 Å². The van der Waals surface area contributed by atoms with Crippen LogP contribution in [0.25, 0.3) is 5.57 Å². The fraction of sp³-hybridized carbons (Fsp3) is 0.385. The lowest BCUT2D eigenvalue weighted by atomic mass is 9.87. The molecule has 2 heterocycles. The van der Waals surface area contributed by atoms with Crippen molar-refractivity contribution in [1.29, 1.82) is 0 Å². The van der Waals surface area contributed by atoms with Crippen molar-refractivity contribution in [3.63, 3.8) is 0 Å². The third kappa shape index (κ3) is 5.24. The van der Waals surface area contributed by atoms with E-state index in [4.69, 9.17) is 9.47 Å². The number of carbonyl (C=O) groups excluding carboxylic acids is 2. The molecule has 1 N–H and O–H groups in total. The number of fused-ring (bicyclic) bond motifs is 1. The van der Waals surface area contributed by atoms with Gasteiger partial charge in [0.05, 0.1) is 24.0 Å². The van der Waals surface area contributed by atoms with E-state index in [2.05, 4.69) is 41.8 Å². The van der Waals surface area contributed by atoms with Crippen molar-refractivity contribution in [1.82, 2.24) is 9.62 Å². The van der Waals surface area contributed by atoms with Gasteiger partial charge in [0.25, 0.3) is 0 Å². The number of hydrogen-bond donors (Lipinski definition) is 1. The van der Waals surface area contributed by atoms with E-state index in [1.807, 2.05) is 12.1 Å². The Morgan fingerprint density at radius 3 is 2.42 bits per heavy atom. The quantitative estimate of drug-likeness (QED) is 0.541. The fourth-order valence-electron chi connectivity index (χ4n) is 4.58. The number of esters is 1. The summed E-state index contributed by atoms with van der Waals surface area (Å²) < 4.78 is 39.5. The topological polar surface area (TPSA) is 105 Å². The summed E-state index contributed by atoms with van der Waals surface area (Å²) in [4.78, 5) is 27.2. The minimum atomic E-state index is -3.96. The fourth-order valence-corrected chi connectivity index (χ4v) is 5.96. The van der Waals surface area contributed by atoms with Crippen LogP contribution in [0.4, 0.5) is 5.69 Å². The van der Waals surface area contributed by atoms with E-state index >= 15 is 0 Å². The maximum Gasteiger partial charge on any atom is 0.307 e. The normalized spacial score (nSPS) is 18.6. The van der Waals surface area contributed by atoms with E-state index in [1.54, 1.807) is 12.1 Å². The van der Waals surface area contributed by atoms with Gasteiger partial charge in [0, 0.05) is 44.4 Å². The number of sulfonamides is 1. The van der Waals surface area contributed by atoms with E-state index < -0.39 is 21.5 Å². The van der Waals surface area contributed by atoms with Crippen LogP contribution in [-0.2, 0) is 24.3 Å². The number of nitrogens with one attached hydrogen (secondary N) is 1. The molecule has 4 rings (SSSR count). The number of ether oxygens (including phenoxy) is 2. The summed E-state index contributed by atoms with van der Waals surface area (Å²) in [6, 6.07) is 14.5. The number of hydrogen-bond acceptors (Lipinski definition) is 7. The van der Waals surface area contributed by atoms with Crippen molar-refractivity contribution >= 4 is 33.2 Å². The number of carbonyl (C=O) groups is 2. The Labute approximate surface area is 211 Å². The zero-order valence-electron chi connectivity index (χ0n) is 20.9. The van der Waals surface area contributed by atoms with Crippen LogP contribution in [0.15, 0.2) is 59.5 Å². The van der Waals surface area contributed by atoms with Crippen LogP contribution in [-0.4, -0.2) is 70.6 Å². The van der Waals surface area contributed by atoms with Crippen molar-refractivity contribution in [3.05, 3.63) is 60.2 Å². The average Bonchev–Trinajstić information content (AvgIpc) is 2.83. The molecule has 0 bridgehead atoms. The predicted molar refractivity (Wildman–Crippen MR) is 136 cm³/mol. The van der Waals surface area contributed by atoms with Crippen molar-refractivity contribution in [2.75, 3.05) is 38.8 Å². The van der Waals surface area contributed by atoms with E-state index in [1.165, 1.54) is 31.1 Å². The van der Waals surface area contributed by atoms with Crippen LogP contribution in [0, 0.1) is 0 Å². The van der Waals surface area contributed by atoms with Crippen LogP contribution < -0.4 is 14.4 Å². The maximum absolute atomic E-state index is 13.1. The number of para-hydroxylation sites is 1. The predicted octanol–water partition coefficient (Wildman–Crippen LogP) is 2.43. The van der Waals surface area contributed by atoms with Gasteiger partial charge in [-0.15, -0.1) is 0 Å². The van der Waals surface area contributed by atoms with Crippen molar-refractivity contribution in [2.45, 2.75) is 36.7 Å². The molecule has 0 aliphatic carbocycles. The molecule has 192 valence electrons. The van der Waals surface area contributed by atoms with Crippen molar-refractivity contribution in [3.8, 4) is 5.75 Å².